The highest BCUT2D eigenvalue weighted by atomic mass is 16.1. The van der Waals surface area contributed by atoms with Crippen LogP contribution < -0.4 is 0 Å². The third kappa shape index (κ3) is 1.59. The van der Waals surface area contributed by atoms with E-state index >= 15 is 0 Å². The van der Waals surface area contributed by atoms with Crippen LogP contribution in [0.4, 0.5) is 0 Å². The molecule has 0 amide bonds. The van der Waals surface area contributed by atoms with Crippen molar-refractivity contribution in [3.63, 3.8) is 0 Å². The van der Waals surface area contributed by atoms with Crippen LogP contribution in [0.3, 0.4) is 0 Å². The first-order chi connectivity index (χ1) is 4.79. The molecule has 0 aromatic rings. The summed E-state index contributed by atoms with van der Waals surface area (Å²) in [5, 5.41) is 0. The predicted molar refractivity (Wildman–Crippen MR) is 41.7 cm³/mol. The highest BCUT2D eigenvalue weighted by Crippen LogP contribution is 2.44. The van der Waals surface area contributed by atoms with Gasteiger partial charge in [0.15, 0.2) is 0 Å². The number of carbonyl (C=O) groups is 1. The smallest absolute Gasteiger partial charge is 0.123 e. The van der Waals surface area contributed by atoms with Gasteiger partial charge in [0.2, 0.25) is 0 Å². The summed E-state index contributed by atoms with van der Waals surface area (Å²) in [5.41, 5.74) is 0. The zero-order chi connectivity index (χ0) is 7.56. The van der Waals surface area contributed by atoms with Crippen LogP contribution in [-0.2, 0) is 4.79 Å². The van der Waals surface area contributed by atoms with Crippen LogP contribution >= 0.6 is 0 Å². The maximum atomic E-state index is 10.3. The second-order valence-corrected chi connectivity index (χ2v) is 3.47. The van der Waals surface area contributed by atoms with Gasteiger partial charge in [-0.25, -0.2) is 0 Å². The van der Waals surface area contributed by atoms with E-state index in [1.165, 1.54) is 12.8 Å². The molecule has 1 heteroatoms. The first kappa shape index (κ1) is 7.77. The summed E-state index contributed by atoms with van der Waals surface area (Å²) < 4.78 is 0. The van der Waals surface area contributed by atoms with Gasteiger partial charge in [-0.3, -0.25) is 0 Å². The third-order valence-electron chi connectivity index (χ3n) is 2.54. The topological polar surface area (TPSA) is 17.1 Å². The van der Waals surface area contributed by atoms with Gasteiger partial charge in [0.25, 0.3) is 0 Å². The van der Waals surface area contributed by atoms with E-state index in [-0.39, 0.29) is 0 Å². The van der Waals surface area contributed by atoms with E-state index in [0.717, 1.165) is 24.5 Å². The average Bonchev–Trinajstić information content (AvgIpc) is 2.66. The van der Waals surface area contributed by atoms with Crippen molar-refractivity contribution in [1.29, 1.82) is 0 Å². The third-order valence-corrected chi connectivity index (χ3v) is 2.54. The Bertz CT molecular complexity index is 120. The molecule has 0 heterocycles. The molecule has 1 nitrogen and oxygen atoms in total. The Hall–Kier alpha value is -0.330. The van der Waals surface area contributed by atoms with Crippen molar-refractivity contribution in [3.8, 4) is 0 Å². The summed E-state index contributed by atoms with van der Waals surface area (Å²) in [6, 6.07) is 0. The molecule has 0 spiro atoms. The second-order valence-electron chi connectivity index (χ2n) is 3.47. The Labute approximate surface area is 62.8 Å². The summed E-state index contributed by atoms with van der Waals surface area (Å²) in [7, 11) is 0. The predicted octanol–water partition coefficient (Wildman–Crippen LogP) is 2.26. The summed E-state index contributed by atoms with van der Waals surface area (Å²) in [5.74, 6) is 1.93. The van der Waals surface area contributed by atoms with Crippen LogP contribution in [-0.4, -0.2) is 6.29 Å². The first-order valence-electron chi connectivity index (χ1n) is 4.24. The van der Waals surface area contributed by atoms with Gasteiger partial charge >= 0.3 is 0 Å². The SMILES string of the molecule is CCC[C@H](C)[C@H]1C[C@H]1C=O. The number of hydrogen-bond donors (Lipinski definition) is 0. The van der Waals surface area contributed by atoms with E-state index in [9.17, 15) is 4.79 Å². The fraction of sp³-hybridized carbons (Fsp3) is 0.889. The van der Waals surface area contributed by atoms with E-state index in [1.54, 1.807) is 0 Å². The Balaban J connectivity index is 2.18. The van der Waals surface area contributed by atoms with Gasteiger partial charge in [-0.15, -0.1) is 0 Å². The maximum absolute atomic E-state index is 10.3. The van der Waals surface area contributed by atoms with Crippen molar-refractivity contribution in [1.82, 2.24) is 0 Å². The first-order valence-corrected chi connectivity index (χ1v) is 4.24. The van der Waals surface area contributed by atoms with E-state index < -0.39 is 0 Å². The van der Waals surface area contributed by atoms with Crippen molar-refractivity contribution in [2.75, 3.05) is 0 Å². The van der Waals surface area contributed by atoms with E-state index in [0.29, 0.717) is 5.92 Å². The molecule has 0 N–H and O–H groups in total. The lowest BCUT2D eigenvalue weighted by atomic mass is 9.99. The molecule has 58 valence electrons. The zero-order valence-corrected chi connectivity index (χ0v) is 6.84. The van der Waals surface area contributed by atoms with Gasteiger partial charge in [-0.05, 0) is 18.3 Å². The number of rotatable bonds is 4. The van der Waals surface area contributed by atoms with Crippen molar-refractivity contribution >= 4 is 6.29 Å². The van der Waals surface area contributed by atoms with Crippen LogP contribution in [0.5, 0.6) is 0 Å². The monoisotopic (exact) mass is 140 g/mol. The summed E-state index contributed by atoms with van der Waals surface area (Å²) in [6.07, 6.45) is 4.82. The van der Waals surface area contributed by atoms with Crippen LogP contribution in [0.15, 0.2) is 0 Å². The number of carbonyl (C=O) groups excluding carboxylic acids is 1. The molecule has 1 saturated carbocycles. The zero-order valence-electron chi connectivity index (χ0n) is 6.84. The van der Waals surface area contributed by atoms with Crippen molar-refractivity contribution < 1.29 is 4.79 Å². The quantitative estimate of drug-likeness (QED) is 0.547. The van der Waals surface area contributed by atoms with Gasteiger partial charge in [-0.2, -0.15) is 0 Å². The highest BCUT2D eigenvalue weighted by molar-refractivity contribution is 5.58. The molecule has 3 atom stereocenters. The molecule has 0 saturated heterocycles. The highest BCUT2D eigenvalue weighted by Gasteiger charge is 2.39. The fourth-order valence-corrected chi connectivity index (χ4v) is 1.72. The van der Waals surface area contributed by atoms with Crippen LogP contribution in [0.25, 0.3) is 0 Å². The largest absolute Gasteiger partial charge is 0.303 e. The molecule has 1 rings (SSSR count). The van der Waals surface area contributed by atoms with Crippen molar-refractivity contribution in [3.05, 3.63) is 0 Å². The molecule has 0 aliphatic heterocycles. The standard InChI is InChI=1S/C9H16O/c1-3-4-7(2)9-5-8(9)6-10/h6-9H,3-5H2,1-2H3/t7-,8-,9+/m0/s1. The molecule has 0 aromatic heterocycles. The van der Waals surface area contributed by atoms with Crippen molar-refractivity contribution in [2.45, 2.75) is 33.1 Å². The Morgan fingerprint density at radius 1 is 1.70 bits per heavy atom. The summed E-state index contributed by atoms with van der Waals surface area (Å²) in [6.45, 7) is 4.46. The Kier molecular flexibility index (Phi) is 2.47. The normalized spacial score (nSPS) is 33.4. The lowest BCUT2D eigenvalue weighted by Gasteiger charge is -2.06. The lowest BCUT2D eigenvalue weighted by molar-refractivity contribution is -0.109. The lowest BCUT2D eigenvalue weighted by Crippen LogP contribution is -1.98. The molecule has 1 fully saturated rings. The van der Waals surface area contributed by atoms with Crippen LogP contribution in [0.1, 0.15) is 33.1 Å². The average molecular weight is 140 g/mol. The Morgan fingerprint density at radius 2 is 2.40 bits per heavy atom. The number of hydrogen-bond acceptors (Lipinski definition) is 1. The van der Waals surface area contributed by atoms with Crippen LogP contribution in [0, 0.1) is 17.8 Å². The van der Waals surface area contributed by atoms with Crippen molar-refractivity contribution in [2.24, 2.45) is 17.8 Å². The van der Waals surface area contributed by atoms with E-state index in [2.05, 4.69) is 13.8 Å². The minimum atomic E-state index is 0.418. The molecule has 0 unspecified atom stereocenters. The van der Waals surface area contributed by atoms with E-state index in [1.807, 2.05) is 0 Å². The minimum Gasteiger partial charge on any atom is -0.303 e. The molecule has 0 aromatic carbocycles. The van der Waals surface area contributed by atoms with E-state index in [4.69, 9.17) is 0 Å². The molecule has 1 aliphatic carbocycles. The molecular weight excluding hydrogens is 124 g/mol. The van der Waals surface area contributed by atoms with Gasteiger partial charge in [0.1, 0.15) is 6.29 Å². The maximum Gasteiger partial charge on any atom is 0.123 e. The molecule has 10 heavy (non-hydrogen) atoms. The number of aldehydes is 1. The summed E-state index contributed by atoms with van der Waals surface area (Å²) in [4.78, 5) is 10.3. The van der Waals surface area contributed by atoms with Gasteiger partial charge in [-0.1, -0.05) is 26.7 Å². The van der Waals surface area contributed by atoms with Gasteiger partial charge in [0, 0.05) is 5.92 Å². The van der Waals surface area contributed by atoms with Gasteiger partial charge in [0.05, 0.1) is 0 Å². The molecule has 0 radical (unpaired) electrons. The molecular formula is C9H16O. The molecule has 1 aliphatic rings. The van der Waals surface area contributed by atoms with Gasteiger partial charge < -0.3 is 4.79 Å². The van der Waals surface area contributed by atoms with Crippen LogP contribution in [0.2, 0.25) is 0 Å². The summed E-state index contributed by atoms with van der Waals surface area (Å²) >= 11 is 0. The Morgan fingerprint density at radius 3 is 2.80 bits per heavy atom. The second kappa shape index (κ2) is 3.18. The minimum absolute atomic E-state index is 0.418. The fourth-order valence-electron chi connectivity index (χ4n) is 1.72. The molecule has 0 bridgehead atoms.